The molecule has 16 heavy (non-hydrogen) atoms. The summed E-state index contributed by atoms with van der Waals surface area (Å²) in [6.07, 6.45) is 1.07. The number of hydrogen-bond acceptors (Lipinski definition) is 2. The van der Waals surface area contributed by atoms with Gasteiger partial charge in [-0.1, -0.05) is 37.3 Å². The summed E-state index contributed by atoms with van der Waals surface area (Å²) in [6.45, 7) is 4.49. The molecule has 2 atom stereocenters. The Bertz CT molecular complexity index is 338. The number of methoxy groups -OCH3 is 1. The molecule has 1 aliphatic rings. The summed E-state index contributed by atoms with van der Waals surface area (Å²) in [4.78, 5) is 2.38. The molecule has 0 saturated carbocycles. The molecule has 1 aliphatic heterocycles. The highest BCUT2D eigenvalue weighted by molar-refractivity contribution is 5.24. The van der Waals surface area contributed by atoms with Crippen LogP contribution in [0.25, 0.3) is 0 Å². The molecule has 88 valence electrons. The minimum absolute atomic E-state index is 0.0895. The van der Waals surface area contributed by atoms with E-state index in [0.29, 0.717) is 5.92 Å². The fourth-order valence-electron chi connectivity index (χ4n) is 2.88. The average molecular weight is 219 g/mol. The Kier molecular flexibility index (Phi) is 3.31. The molecule has 1 heterocycles. The van der Waals surface area contributed by atoms with E-state index in [1.54, 1.807) is 0 Å². The van der Waals surface area contributed by atoms with Crippen LogP contribution >= 0.6 is 0 Å². The summed E-state index contributed by atoms with van der Waals surface area (Å²) < 4.78 is 5.90. The van der Waals surface area contributed by atoms with Gasteiger partial charge in [-0.2, -0.15) is 0 Å². The number of ether oxygens (including phenoxy) is 1. The van der Waals surface area contributed by atoms with Crippen molar-refractivity contribution >= 4 is 0 Å². The molecule has 2 heteroatoms. The van der Waals surface area contributed by atoms with Crippen LogP contribution in [0.3, 0.4) is 0 Å². The quantitative estimate of drug-likeness (QED) is 0.757. The molecule has 1 fully saturated rings. The van der Waals surface area contributed by atoms with E-state index in [2.05, 4.69) is 49.2 Å². The lowest BCUT2D eigenvalue weighted by atomic mass is 9.77. The zero-order valence-corrected chi connectivity index (χ0v) is 10.4. The van der Waals surface area contributed by atoms with E-state index in [-0.39, 0.29) is 5.60 Å². The molecule has 0 bridgehead atoms. The van der Waals surface area contributed by atoms with Crippen LogP contribution < -0.4 is 0 Å². The second-order valence-electron chi connectivity index (χ2n) is 4.87. The smallest absolute Gasteiger partial charge is 0.0977 e. The van der Waals surface area contributed by atoms with Gasteiger partial charge in [0.15, 0.2) is 0 Å². The van der Waals surface area contributed by atoms with Gasteiger partial charge in [0.05, 0.1) is 5.60 Å². The van der Waals surface area contributed by atoms with Crippen LogP contribution in [-0.2, 0) is 10.3 Å². The number of benzene rings is 1. The van der Waals surface area contributed by atoms with E-state index in [0.717, 1.165) is 19.5 Å². The first kappa shape index (κ1) is 11.6. The highest BCUT2D eigenvalue weighted by atomic mass is 16.5. The van der Waals surface area contributed by atoms with Gasteiger partial charge < -0.3 is 9.64 Å². The van der Waals surface area contributed by atoms with Crippen molar-refractivity contribution in [3.8, 4) is 0 Å². The van der Waals surface area contributed by atoms with Gasteiger partial charge in [0.1, 0.15) is 0 Å². The third kappa shape index (κ3) is 1.87. The molecule has 0 amide bonds. The first-order valence-electron chi connectivity index (χ1n) is 5.98. The van der Waals surface area contributed by atoms with E-state index >= 15 is 0 Å². The fourth-order valence-corrected chi connectivity index (χ4v) is 2.88. The molecule has 0 spiro atoms. The predicted octanol–water partition coefficient (Wildman–Crippen LogP) is 2.50. The number of rotatable bonds is 2. The van der Waals surface area contributed by atoms with Crippen molar-refractivity contribution in [3.05, 3.63) is 35.9 Å². The largest absolute Gasteiger partial charge is 0.373 e. The molecule has 0 N–H and O–H groups in total. The normalized spacial score (nSPS) is 31.6. The molecule has 2 unspecified atom stereocenters. The van der Waals surface area contributed by atoms with Gasteiger partial charge in [-0.05, 0) is 19.0 Å². The Morgan fingerprint density at radius 2 is 2.00 bits per heavy atom. The van der Waals surface area contributed by atoms with Crippen molar-refractivity contribution < 1.29 is 4.74 Å². The number of likely N-dealkylation sites (tertiary alicyclic amines) is 1. The van der Waals surface area contributed by atoms with Crippen molar-refractivity contribution in [2.24, 2.45) is 5.92 Å². The van der Waals surface area contributed by atoms with Crippen LogP contribution in [0.4, 0.5) is 0 Å². The lowest BCUT2D eigenvalue weighted by molar-refractivity contribution is -0.0978. The zero-order chi connectivity index (χ0) is 11.6. The Balaban J connectivity index is 2.32. The first-order valence-corrected chi connectivity index (χ1v) is 5.98. The Hall–Kier alpha value is -0.860. The lowest BCUT2D eigenvalue weighted by Gasteiger charge is -2.45. The summed E-state index contributed by atoms with van der Waals surface area (Å²) >= 11 is 0. The molecule has 0 aliphatic carbocycles. The van der Waals surface area contributed by atoms with Crippen molar-refractivity contribution in [2.75, 3.05) is 27.2 Å². The molecule has 1 saturated heterocycles. The van der Waals surface area contributed by atoms with E-state index < -0.39 is 0 Å². The molecule has 1 aromatic carbocycles. The van der Waals surface area contributed by atoms with E-state index in [9.17, 15) is 0 Å². The van der Waals surface area contributed by atoms with Crippen molar-refractivity contribution in [1.29, 1.82) is 0 Å². The van der Waals surface area contributed by atoms with Gasteiger partial charge in [0.2, 0.25) is 0 Å². The van der Waals surface area contributed by atoms with E-state index in [1.165, 1.54) is 5.56 Å². The fraction of sp³-hybridized carbons (Fsp3) is 0.571. The first-order chi connectivity index (χ1) is 7.69. The third-order valence-corrected chi connectivity index (χ3v) is 3.87. The third-order valence-electron chi connectivity index (χ3n) is 3.87. The van der Waals surface area contributed by atoms with Gasteiger partial charge in [-0.15, -0.1) is 0 Å². The average Bonchev–Trinajstić information content (AvgIpc) is 2.31. The van der Waals surface area contributed by atoms with Crippen LogP contribution in [0.1, 0.15) is 18.9 Å². The maximum Gasteiger partial charge on any atom is 0.0977 e. The highest BCUT2D eigenvalue weighted by Gasteiger charge is 2.41. The lowest BCUT2D eigenvalue weighted by Crippen LogP contribution is -2.48. The summed E-state index contributed by atoms with van der Waals surface area (Å²) in [5, 5.41) is 0. The van der Waals surface area contributed by atoms with Gasteiger partial charge in [-0.25, -0.2) is 0 Å². The molecule has 0 radical (unpaired) electrons. The van der Waals surface area contributed by atoms with Crippen molar-refractivity contribution in [1.82, 2.24) is 4.90 Å². The highest BCUT2D eigenvalue weighted by Crippen LogP contribution is 2.39. The van der Waals surface area contributed by atoms with Crippen LogP contribution in [0, 0.1) is 5.92 Å². The van der Waals surface area contributed by atoms with Crippen molar-refractivity contribution in [3.63, 3.8) is 0 Å². The van der Waals surface area contributed by atoms with Crippen LogP contribution in [-0.4, -0.2) is 32.1 Å². The van der Waals surface area contributed by atoms with Gasteiger partial charge in [0.25, 0.3) is 0 Å². The summed E-state index contributed by atoms with van der Waals surface area (Å²) in [6, 6.07) is 10.6. The zero-order valence-electron chi connectivity index (χ0n) is 10.4. The molecular weight excluding hydrogens is 198 g/mol. The van der Waals surface area contributed by atoms with Gasteiger partial charge in [-0.3, -0.25) is 0 Å². The summed E-state index contributed by atoms with van der Waals surface area (Å²) in [7, 11) is 4.02. The number of nitrogens with zero attached hydrogens (tertiary/aromatic N) is 1. The van der Waals surface area contributed by atoms with E-state index in [4.69, 9.17) is 4.74 Å². The van der Waals surface area contributed by atoms with Crippen LogP contribution in [0.2, 0.25) is 0 Å². The Morgan fingerprint density at radius 1 is 1.31 bits per heavy atom. The van der Waals surface area contributed by atoms with Crippen molar-refractivity contribution in [2.45, 2.75) is 18.9 Å². The molecule has 1 aromatic rings. The SMILES string of the molecule is COC1(c2ccccc2)CCN(C)CC1C. The molecule has 2 rings (SSSR count). The Morgan fingerprint density at radius 3 is 2.56 bits per heavy atom. The number of hydrogen-bond donors (Lipinski definition) is 0. The predicted molar refractivity (Wildman–Crippen MR) is 66.4 cm³/mol. The van der Waals surface area contributed by atoms with Crippen LogP contribution in [0.5, 0.6) is 0 Å². The Labute approximate surface area is 98.2 Å². The van der Waals surface area contributed by atoms with Crippen LogP contribution in [0.15, 0.2) is 30.3 Å². The minimum Gasteiger partial charge on any atom is -0.373 e. The van der Waals surface area contributed by atoms with E-state index in [1.807, 2.05) is 7.11 Å². The van der Waals surface area contributed by atoms with Gasteiger partial charge >= 0.3 is 0 Å². The second-order valence-corrected chi connectivity index (χ2v) is 4.87. The molecule has 0 aromatic heterocycles. The number of piperidine rings is 1. The topological polar surface area (TPSA) is 12.5 Å². The van der Waals surface area contributed by atoms with Gasteiger partial charge in [0, 0.05) is 26.1 Å². The molecule has 2 nitrogen and oxygen atoms in total. The standard InChI is InChI=1S/C14H21NO/c1-12-11-15(2)10-9-14(12,16-3)13-7-5-4-6-8-13/h4-8,12H,9-11H2,1-3H3. The maximum absolute atomic E-state index is 5.90. The minimum atomic E-state index is -0.0895. The second kappa shape index (κ2) is 4.56. The summed E-state index contributed by atoms with van der Waals surface area (Å²) in [5.74, 6) is 0.527. The summed E-state index contributed by atoms with van der Waals surface area (Å²) in [5.41, 5.74) is 1.23. The molecular formula is C14H21NO. The monoisotopic (exact) mass is 219 g/mol. The maximum atomic E-state index is 5.90.